The van der Waals surface area contributed by atoms with Crippen LogP contribution in [-0.2, 0) is 0 Å². The topological polar surface area (TPSA) is 80.4 Å². The van der Waals surface area contributed by atoms with Crippen molar-refractivity contribution in [2.75, 3.05) is 58.3 Å². The molecule has 7 nitrogen and oxygen atoms in total. The highest BCUT2D eigenvalue weighted by atomic mass is 16.4. The zero-order valence-corrected chi connectivity index (χ0v) is 20.9. The highest BCUT2D eigenvalue weighted by Gasteiger charge is 2.14. The molecule has 1 aliphatic rings. The van der Waals surface area contributed by atoms with E-state index in [2.05, 4.69) is 28.8 Å². The van der Waals surface area contributed by atoms with Crippen LogP contribution < -0.4 is 10.3 Å². The minimum atomic E-state index is -0.421. The summed E-state index contributed by atoms with van der Waals surface area (Å²) in [5.74, 6) is -0.386. The van der Waals surface area contributed by atoms with E-state index in [-0.39, 0.29) is 22.1 Å². The monoisotopic (exact) mass is 479 g/mol. The van der Waals surface area contributed by atoms with Crippen molar-refractivity contribution in [2.45, 2.75) is 32.1 Å². The minimum absolute atomic E-state index is 0.00501. The summed E-state index contributed by atoms with van der Waals surface area (Å²) in [4.78, 5) is 19.7. The first-order valence-electron chi connectivity index (χ1n) is 12.6. The number of aromatic hydroxyl groups is 2. The molecule has 1 aliphatic heterocycles. The smallest absolute Gasteiger partial charge is 0.201 e. The summed E-state index contributed by atoms with van der Waals surface area (Å²) in [5, 5.41) is 20.1. The van der Waals surface area contributed by atoms with Crippen LogP contribution in [0.5, 0.6) is 11.5 Å². The summed E-state index contributed by atoms with van der Waals surface area (Å²) in [5.41, 5.74) is 1.56. The number of phenolic OH excluding ortho intramolecular Hbond substituents is 2. The molecule has 1 fully saturated rings. The van der Waals surface area contributed by atoms with Gasteiger partial charge < -0.3 is 29.3 Å². The highest BCUT2D eigenvalue weighted by molar-refractivity contribution is 5.86. The summed E-state index contributed by atoms with van der Waals surface area (Å²) in [6, 6.07) is 12.0. The molecule has 1 aromatic heterocycles. The molecule has 0 radical (unpaired) electrons. The van der Waals surface area contributed by atoms with Crippen LogP contribution in [0.3, 0.4) is 0 Å². The molecule has 0 saturated carbocycles. The van der Waals surface area contributed by atoms with Crippen molar-refractivity contribution in [3.05, 3.63) is 52.7 Å². The zero-order valence-electron chi connectivity index (χ0n) is 20.9. The van der Waals surface area contributed by atoms with Gasteiger partial charge in [-0.15, -0.1) is 0 Å². The van der Waals surface area contributed by atoms with E-state index in [1.54, 1.807) is 0 Å². The van der Waals surface area contributed by atoms with E-state index in [4.69, 9.17) is 4.42 Å². The van der Waals surface area contributed by atoms with Gasteiger partial charge >= 0.3 is 0 Å². The number of likely N-dealkylation sites (tertiary alicyclic amines) is 1. The Hall–Kier alpha value is -3.03. The normalized spacial score (nSPS) is 14.6. The van der Waals surface area contributed by atoms with Gasteiger partial charge in [0.1, 0.15) is 5.76 Å². The zero-order chi connectivity index (χ0) is 24.8. The Labute approximate surface area is 207 Å². The largest absolute Gasteiger partial charge is 0.504 e. The first kappa shape index (κ1) is 25.1. The van der Waals surface area contributed by atoms with Gasteiger partial charge in [0.2, 0.25) is 5.75 Å². The van der Waals surface area contributed by atoms with Crippen LogP contribution in [0.25, 0.3) is 22.3 Å². The van der Waals surface area contributed by atoms with Crippen LogP contribution in [0.4, 0.5) is 5.69 Å². The molecular weight excluding hydrogens is 442 g/mol. The molecule has 2 aromatic carbocycles. The minimum Gasteiger partial charge on any atom is -0.504 e. The lowest BCUT2D eigenvalue weighted by Gasteiger charge is -2.28. The Balaban J connectivity index is 1.28. The predicted molar refractivity (Wildman–Crippen MR) is 142 cm³/mol. The standard InChI is InChI=1S/C28H37N3O4/c1-29(18-19-31-16-4-3-5-17-31)14-6-7-15-30(2)22-10-8-21(9-11-22)26-20-25(33)23-12-13-24(32)27(34)28(23)35-26/h8-13,20,32,34H,3-7,14-19H2,1-2H3. The number of piperidine rings is 1. The number of hydrogen-bond acceptors (Lipinski definition) is 7. The number of anilines is 1. The van der Waals surface area contributed by atoms with Crippen LogP contribution in [0, 0.1) is 0 Å². The van der Waals surface area contributed by atoms with Gasteiger partial charge in [0.15, 0.2) is 16.8 Å². The molecule has 188 valence electrons. The fourth-order valence-electron chi connectivity index (χ4n) is 4.68. The maximum Gasteiger partial charge on any atom is 0.201 e. The van der Waals surface area contributed by atoms with Gasteiger partial charge in [-0.1, -0.05) is 6.42 Å². The van der Waals surface area contributed by atoms with Gasteiger partial charge in [-0.2, -0.15) is 0 Å². The lowest BCUT2D eigenvalue weighted by atomic mass is 10.1. The van der Waals surface area contributed by atoms with Crippen molar-refractivity contribution < 1.29 is 14.6 Å². The molecule has 4 rings (SSSR count). The van der Waals surface area contributed by atoms with E-state index >= 15 is 0 Å². The van der Waals surface area contributed by atoms with Crippen molar-refractivity contribution in [2.24, 2.45) is 0 Å². The molecule has 0 amide bonds. The Morgan fingerprint density at radius 3 is 2.37 bits per heavy atom. The van der Waals surface area contributed by atoms with Gasteiger partial charge in [-0.25, -0.2) is 0 Å². The summed E-state index contributed by atoms with van der Waals surface area (Å²) in [6.07, 6.45) is 6.37. The van der Waals surface area contributed by atoms with Crippen LogP contribution >= 0.6 is 0 Å². The maximum atomic E-state index is 12.5. The number of unbranched alkanes of at least 4 members (excludes halogenated alkanes) is 1. The van der Waals surface area contributed by atoms with Crippen LogP contribution in [0.1, 0.15) is 32.1 Å². The van der Waals surface area contributed by atoms with Crippen LogP contribution in [-0.4, -0.2) is 73.4 Å². The molecule has 7 heteroatoms. The average Bonchev–Trinajstić information content (AvgIpc) is 2.88. The second-order valence-corrected chi connectivity index (χ2v) is 9.67. The van der Waals surface area contributed by atoms with Crippen LogP contribution in [0.15, 0.2) is 51.7 Å². The molecular formula is C28H37N3O4. The van der Waals surface area contributed by atoms with Crippen molar-refractivity contribution in [3.8, 4) is 22.8 Å². The van der Waals surface area contributed by atoms with Crippen molar-refractivity contribution in [3.63, 3.8) is 0 Å². The lowest BCUT2D eigenvalue weighted by Crippen LogP contribution is -2.36. The first-order chi connectivity index (χ1) is 16.9. The van der Waals surface area contributed by atoms with Gasteiger partial charge in [-0.05, 0) is 88.8 Å². The molecule has 0 aliphatic carbocycles. The number of nitrogens with zero attached hydrogens (tertiary/aromatic N) is 3. The number of phenols is 2. The molecule has 0 atom stereocenters. The average molecular weight is 480 g/mol. The Kier molecular flexibility index (Phi) is 8.31. The third-order valence-electron chi connectivity index (χ3n) is 6.97. The van der Waals surface area contributed by atoms with E-state index in [9.17, 15) is 15.0 Å². The lowest BCUT2D eigenvalue weighted by molar-refractivity contribution is 0.195. The summed E-state index contributed by atoms with van der Waals surface area (Å²) < 4.78 is 5.77. The molecule has 0 unspecified atom stereocenters. The molecule has 35 heavy (non-hydrogen) atoms. The van der Waals surface area contributed by atoms with Crippen molar-refractivity contribution >= 4 is 16.7 Å². The molecule has 0 bridgehead atoms. The Morgan fingerprint density at radius 1 is 0.914 bits per heavy atom. The molecule has 3 aromatic rings. The van der Waals surface area contributed by atoms with E-state index in [1.807, 2.05) is 24.3 Å². The fourth-order valence-corrected chi connectivity index (χ4v) is 4.68. The number of likely N-dealkylation sites (N-methyl/N-ethyl adjacent to an activating group) is 1. The number of rotatable bonds is 10. The highest BCUT2D eigenvalue weighted by Crippen LogP contribution is 2.34. The first-order valence-corrected chi connectivity index (χ1v) is 12.6. The van der Waals surface area contributed by atoms with Gasteiger partial charge in [0.25, 0.3) is 0 Å². The fraction of sp³-hybridized carbons (Fsp3) is 0.464. The number of benzene rings is 2. The molecule has 2 N–H and O–H groups in total. The second kappa shape index (κ2) is 11.6. The number of hydrogen-bond donors (Lipinski definition) is 2. The number of fused-ring (bicyclic) bond motifs is 1. The molecule has 2 heterocycles. The van der Waals surface area contributed by atoms with Gasteiger partial charge in [0.05, 0.1) is 5.39 Å². The Bertz CT molecular complexity index is 1170. The van der Waals surface area contributed by atoms with E-state index in [1.165, 1.54) is 57.1 Å². The van der Waals surface area contributed by atoms with Crippen LogP contribution in [0.2, 0.25) is 0 Å². The van der Waals surface area contributed by atoms with Crippen molar-refractivity contribution in [1.82, 2.24) is 9.80 Å². The van der Waals surface area contributed by atoms with E-state index < -0.39 is 5.75 Å². The van der Waals surface area contributed by atoms with E-state index in [0.29, 0.717) is 5.76 Å². The van der Waals surface area contributed by atoms with Crippen molar-refractivity contribution in [1.29, 1.82) is 0 Å². The summed E-state index contributed by atoms with van der Waals surface area (Å²) in [6.45, 7) is 6.93. The molecule has 0 spiro atoms. The third kappa shape index (κ3) is 6.35. The maximum absolute atomic E-state index is 12.5. The second-order valence-electron chi connectivity index (χ2n) is 9.67. The van der Waals surface area contributed by atoms with Gasteiger partial charge in [-0.3, -0.25) is 4.79 Å². The predicted octanol–water partition coefficient (Wildman–Crippen LogP) is 4.51. The summed E-state index contributed by atoms with van der Waals surface area (Å²) >= 11 is 0. The SMILES string of the molecule is CN(CCCCN(C)c1ccc(-c2cc(=O)c3ccc(O)c(O)c3o2)cc1)CCN1CCCCC1. The molecule has 1 saturated heterocycles. The third-order valence-corrected chi connectivity index (χ3v) is 6.97. The van der Waals surface area contributed by atoms with Gasteiger partial charge in [0, 0.05) is 44.0 Å². The Morgan fingerprint density at radius 2 is 1.63 bits per heavy atom. The van der Waals surface area contributed by atoms with E-state index in [0.717, 1.165) is 43.7 Å². The summed E-state index contributed by atoms with van der Waals surface area (Å²) in [7, 11) is 4.31. The quantitative estimate of drug-likeness (QED) is 0.327.